The molecule has 2 N–H and O–H groups in total. The van der Waals surface area contributed by atoms with E-state index >= 15 is 0 Å². The van der Waals surface area contributed by atoms with E-state index in [-0.39, 0.29) is 24.1 Å². The Morgan fingerprint density at radius 2 is 1.88 bits per heavy atom. The number of aliphatic hydroxyl groups is 1. The van der Waals surface area contributed by atoms with E-state index in [4.69, 9.17) is 0 Å². The van der Waals surface area contributed by atoms with Crippen LogP contribution in [-0.4, -0.2) is 38.1 Å². The Morgan fingerprint density at radius 1 is 1.03 bits per heavy atom. The average Bonchev–Trinajstić information content (AvgIpc) is 2.87. The highest BCUT2D eigenvalue weighted by Gasteiger charge is 2.25. The smallest absolute Gasteiger partial charge is 0.270 e. The van der Waals surface area contributed by atoms with Crippen LogP contribution in [0.5, 0.6) is 0 Å². The summed E-state index contributed by atoms with van der Waals surface area (Å²) in [5, 5.41) is 14.0. The van der Waals surface area contributed by atoms with Crippen molar-refractivity contribution in [3.63, 3.8) is 0 Å². The monoisotopic (exact) mass is 456 g/mol. The summed E-state index contributed by atoms with van der Waals surface area (Å²) in [7, 11) is 0. The molecular formula is C27H25FN4O2. The van der Waals surface area contributed by atoms with Crippen molar-refractivity contribution in [1.29, 1.82) is 0 Å². The zero-order valence-corrected chi connectivity index (χ0v) is 18.6. The Hall–Kier alpha value is -3.71. The maximum absolute atomic E-state index is 15.0. The highest BCUT2D eigenvalue weighted by molar-refractivity contribution is 5.96. The minimum Gasteiger partial charge on any atom is -0.391 e. The molecule has 34 heavy (non-hydrogen) atoms. The Kier molecular flexibility index (Phi) is 6.27. The summed E-state index contributed by atoms with van der Waals surface area (Å²) in [6.45, 7) is 0. The largest absolute Gasteiger partial charge is 0.391 e. The molecule has 1 fully saturated rings. The lowest BCUT2D eigenvalue weighted by atomic mass is 9.92. The summed E-state index contributed by atoms with van der Waals surface area (Å²) >= 11 is 0. The number of benzene rings is 1. The molecule has 6 nitrogen and oxygen atoms in total. The summed E-state index contributed by atoms with van der Waals surface area (Å²) in [5.41, 5.74) is 3.39. The Morgan fingerprint density at radius 3 is 2.68 bits per heavy atom. The van der Waals surface area contributed by atoms with E-state index in [9.17, 15) is 14.3 Å². The number of carbonyl (C=O) groups is 1. The molecule has 2 atom stereocenters. The van der Waals surface area contributed by atoms with Crippen LogP contribution in [0.4, 0.5) is 4.39 Å². The predicted molar refractivity (Wildman–Crippen MR) is 128 cm³/mol. The molecule has 7 heteroatoms. The standard InChI is InChI=1S/C27H25FN4O2/c28-26-17(11-12-21(31-26)18-6-5-13-29-16-18)14-19-15-24(30-22-8-2-1-7-20(19)22)27(34)32-23-9-3-4-10-25(23)33/h1-2,5-8,11-13,15-16,23,25,33H,3-4,9-10,14H2,(H,32,34)/t23-,25-/m0/s1. The molecule has 172 valence electrons. The molecule has 0 saturated heterocycles. The number of nitrogens with zero attached hydrogens (tertiary/aromatic N) is 3. The van der Waals surface area contributed by atoms with Gasteiger partial charge in [0.1, 0.15) is 5.69 Å². The second-order valence-electron chi connectivity index (χ2n) is 8.68. The summed E-state index contributed by atoms with van der Waals surface area (Å²) in [6, 6.07) is 16.0. The molecule has 0 spiro atoms. The highest BCUT2D eigenvalue weighted by Crippen LogP contribution is 2.25. The molecule has 1 aliphatic rings. The third-order valence-electron chi connectivity index (χ3n) is 6.34. The number of fused-ring (bicyclic) bond motifs is 1. The van der Waals surface area contributed by atoms with Crippen molar-refractivity contribution in [1.82, 2.24) is 20.3 Å². The molecule has 4 aromatic rings. The fourth-order valence-electron chi connectivity index (χ4n) is 4.51. The van der Waals surface area contributed by atoms with Crippen LogP contribution in [0, 0.1) is 5.95 Å². The van der Waals surface area contributed by atoms with E-state index < -0.39 is 12.1 Å². The number of pyridine rings is 3. The van der Waals surface area contributed by atoms with Gasteiger partial charge in [-0.3, -0.25) is 9.78 Å². The van der Waals surface area contributed by atoms with E-state index in [0.29, 0.717) is 23.2 Å². The molecular weight excluding hydrogens is 431 g/mol. The SMILES string of the molecule is O=C(N[C@H]1CCCC[C@@H]1O)c1cc(Cc2ccc(-c3cccnc3)nc2F)c2ccccc2n1. The van der Waals surface area contributed by atoms with Crippen molar-refractivity contribution in [2.75, 3.05) is 0 Å². The summed E-state index contributed by atoms with van der Waals surface area (Å²) in [4.78, 5) is 25.7. The van der Waals surface area contributed by atoms with Crippen molar-refractivity contribution >= 4 is 16.8 Å². The zero-order chi connectivity index (χ0) is 23.5. The maximum atomic E-state index is 15.0. The van der Waals surface area contributed by atoms with Crippen LogP contribution in [0.3, 0.4) is 0 Å². The second kappa shape index (κ2) is 9.65. The quantitative estimate of drug-likeness (QED) is 0.433. The Labute approximate surface area is 196 Å². The molecule has 1 aliphatic carbocycles. The molecule has 0 unspecified atom stereocenters. The lowest BCUT2D eigenvalue weighted by Crippen LogP contribution is -2.45. The number of aromatic nitrogens is 3. The van der Waals surface area contributed by atoms with Crippen LogP contribution in [-0.2, 0) is 6.42 Å². The first-order chi connectivity index (χ1) is 16.6. The van der Waals surface area contributed by atoms with Crippen molar-refractivity contribution in [3.05, 3.63) is 89.8 Å². The fraction of sp³-hybridized carbons (Fsp3) is 0.259. The van der Waals surface area contributed by atoms with Crippen LogP contribution < -0.4 is 5.32 Å². The van der Waals surface area contributed by atoms with E-state index in [1.807, 2.05) is 30.3 Å². The number of hydrogen-bond acceptors (Lipinski definition) is 5. The van der Waals surface area contributed by atoms with Crippen LogP contribution in [0.1, 0.15) is 47.3 Å². The van der Waals surface area contributed by atoms with Gasteiger partial charge in [0, 0.05) is 35.3 Å². The van der Waals surface area contributed by atoms with Gasteiger partial charge in [0.15, 0.2) is 0 Å². The molecule has 1 saturated carbocycles. The lowest BCUT2D eigenvalue weighted by Gasteiger charge is -2.28. The number of nitrogens with one attached hydrogen (secondary N) is 1. The Balaban J connectivity index is 1.45. The van der Waals surface area contributed by atoms with Crippen LogP contribution >= 0.6 is 0 Å². The highest BCUT2D eigenvalue weighted by atomic mass is 19.1. The minimum atomic E-state index is -0.557. The van der Waals surface area contributed by atoms with Crippen molar-refractivity contribution in [2.24, 2.45) is 0 Å². The fourth-order valence-corrected chi connectivity index (χ4v) is 4.51. The number of halogens is 1. The van der Waals surface area contributed by atoms with Gasteiger partial charge < -0.3 is 10.4 Å². The number of amides is 1. The molecule has 0 bridgehead atoms. The topological polar surface area (TPSA) is 88.0 Å². The minimum absolute atomic E-state index is 0.256. The summed E-state index contributed by atoms with van der Waals surface area (Å²) in [6.07, 6.45) is 6.39. The van der Waals surface area contributed by atoms with E-state index in [1.165, 1.54) is 0 Å². The third-order valence-corrected chi connectivity index (χ3v) is 6.34. The van der Waals surface area contributed by atoms with Gasteiger partial charge in [-0.05, 0) is 48.7 Å². The first kappa shape index (κ1) is 22.1. The second-order valence-corrected chi connectivity index (χ2v) is 8.68. The summed E-state index contributed by atoms with van der Waals surface area (Å²) < 4.78 is 15.0. The average molecular weight is 457 g/mol. The third kappa shape index (κ3) is 4.65. The van der Waals surface area contributed by atoms with Gasteiger partial charge in [-0.15, -0.1) is 0 Å². The number of para-hydroxylation sites is 1. The van der Waals surface area contributed by atoms with Crippen LogP contribution in [0.2, 0.25) is 0 Å². The molecule has 3 heterocycles. The van der Waals surface area contributed by atoms with Gasteiger partial charge in [0.05, 0.1) is 23.4 Å². The molecule has 0 radical (unpaired) electrons. The first-order valence-electron chi connectivity index (χ1n) is 11.5. The van der Waals surface area contributed by atoms with Crippen LogP contribution in [0.25, 0.3) is 22.2 Å². The van der Waals surface area contributed by atoms with Gasteiger partial charge in [0.25, 0.3) is 5.91 Å². The maximum Gasteiger partial charge on any atom is 0.270 e. The van der Waals surface area contributed by atoms with Gasteiger partial charge in [-0.2, -0.15) is 4.39 Å². The number of hydrogen-bond donors (Lipinski definition) is 2. The van der Waals surface area contributed by atoms with Crippen molar-refractivity contribution < 1.29 is 14.3 Å². The molecule has 3 aromatic heterocycles. The van der Waals surface area contributed by atoms with E-state index in [0.717, 1.165) is 35.8 Å². The van der Waals surface area contributed by atoms with Crippen LogP contribution in [0.15, 0.2) is 67.0 Å². The molecule has 1 amide bonds. The number of rotatable bonds is 5. The van der Waals surface area contributed by atoms with E-state index in [2.05, 4.69) is 20.3 Å². The molecule has 5 rings (SSSR count). The van der Waals surface area contributed by atoms with Crippen molar-refractivity contribution in [3.8, 4) is 11.3 Å². The number of carbonyl (C=O) groups excluding carboxylic acids is 1. The zero-order valence-electron chi connectivity index (χ0n) is 18.6. The first-order valence-corrected chi connectivity index (χ1v) is 11.5. The summed E-state index contributed by atoms with van der Waals surface area (Å²) in [5.74, 6) is -0.887. The van der Waals surface area contributed by atoms with Crippen molar-refractivity contribution in [2.45, 2.75) is 44.2 Å². The molecule has 1 aromatic carbocycles. The van der Waals surface area contributed by atoms with Gasteiger partial charge in [-0.1, -0.05) is 37.1 Å². The van der Waals surface area contributed by atoms with Gasteiger partial charge >= 0.3 is 0 Å². The predicted octanol–water partition coefficient (Wildman–Crippen LogP) is 4.46. The molecule has 0 aliphatic heterocycles. The normalized spacial score (nSPS) is 18.1. The lowest BCUT2D eigenvalue weighted by molar-refractivity contribution is 0.0714. The Bertz CT molecular complexity index is 1330. The number of aliphatic hydroxyl groups excluding tert-OH is 1. The van der Waals surface area contributed by atoms with Gasteiger partial charge in [0.2, 0.25) is 5.95 Å². The van der Waals surface area contributed by atoms with E-state index in [1.54, 1.807) is 36.7 Å². The van der Waals surface area contributed by atoms with Gasteiger partial charge in [-0.25, -0.2) is 9.97 Å².